The molecule has 6 aromatic rings. The molecule has 1 amide bonds. The number of benzene rings is 3. The highest BCUT2D eigenvalue weighted by molar-refractivity contribution is 6.02. The summed E-state index contributed by atoms with van der Waals surface area (Å²) in [5, 5.41) is 12.4. The molecule has 1 aliphatic heterocycles. The van der Waals surface area contributed by atoms with Gasteiger partial charge < -0.3 is 9.32 Å². The van der Waals surface area contributed by atoms with E-state index in [1.54, 1.807) is 29.1 Å². The molecule has 11 heteroatoms. The van der Waals surface area contributed by atoms with Crippen LogP contribution in [0.5, 0.6) is 0 Å². The maximum Gasteiger partial charge on any atom is 0.417 e. The van der Waals surface area contributed by atoms with E-state index in [9.17, 15) is 18.4 Å². The van der Waals surface area contributed by atoms with Gasteiger partial charge in [-0.3, -0.25) is 14.9 Å². The Hall–Kier alpha value is -5.06. The number of carbonyl (C=O) groups is 1. The van der Waals surface area contributed by atoms with E-state index < -0.39 is 30.2 Å². The Morgan fingerprint density at radius 1 is 1.05 bits per heavy atom. The molecule has 0 saturated heterocycles. The van der Waals surface area contributed by atoms with Gasteiger partial charge in [0.2, 0.25) is 0 Å². The van der Waals surface area contributed by atoms with Crippen molar-refractivity contribution in [2.45, 2.75) is 18.9 Å². The Bertz CT molecular complexity index is 1950. The van der Waals surface area contributed by atoms with Crippen LogP contribution in [0.25, 0.3) is 38.9 Å². The lowest BCUT2D eigenvalue weighted by Gasteiger charge is -2.28. The number of aromatic nitrogens is 5. The first-order valence-electron chi connectivity index (χ1n) is 12.2. The average Bonchev–Trinajstić information content (AvgIpc) is 3.67. The summed E-state index contributed by atoms with van der Waals surface area (Å²) in [6, 6.07) is 19.4. The number of rotatable bonds is 5. The molecule has 0 spiro atoms. The van der Waals surface area contributed by atoms with Gasteiger partial charge in [-0.25, -0.2) is 18.3 Å². The Labute approximate surface area is 218 Å². The lowest BCUT2D eigenvalue weighted by atomic mass is 9.95. The van der Waals surface area contributed by atoms with Crippen LogP contribution in [0.3, 0.4) is 0 Å². The van der Waals surface area contributed by atoms with Crippen LogP contribution in [0.15, 0.2) is 82.1 Å². The molecule has 1 unspecified atom stereocenters. The number of nitrogens with one attached hydrogen (secondary N) is 2. The fraction of sp³-hybridized carbons (Fsp3) is 0.143. The maximum atomic E-state index is 14.4. The molecule has 1 atom stereocenters. The SMILES string of the molecule is CC(F)(F)CN1C(=O)c2[nH]nc(-c3cccc4[nH]c(=O)oc34)c2C1c1ccc2c(cnn2-c2ccccc2)c1. The second-order valence-corrected chi connectivity index (χ2v) is 9.67. The van der Waals surface area contributed by atoms with Crippen molar-refractivity contribution >= 4 is 27.9 Å². The summed E-state index contributed by atoms with van der Waals surface area (Å²) in [6.07, 6.45) is 1.70. The van der Waals surface area contributed by atoms with E-state index in [-0.39, 0.29) is 11.3 Å². The fourth-order valence-electron chi connectivity index (χ4n) is 5.37. The van der Waals surface area contributed by atoms with Crippen molar-refractivity contribution < 1.29 is 18.0 Å². The smallest absolute Gasteiger partial charge is 0.407 e. The van der Waals surface area contributed by atoms with Crippen molar-refractivity contribution in [3.05, 3.63) is 100 Å². The van der Waals surface area contributed by atoms with Crippen LogP contribution in [-0.2, 0) is 0 Å². The topological polar surface area (TPSA) is 113 Å². The highest BCUT2D eigenvalue weighted by Crippen LogP contribution is 2.45. The van der Waals surface area contributed by atoms with E-state index in [0.717, 1.165) is 28.4 Å². The largest absolute Gasteiger partial charge is 0.417 e. The number of carbonyl (C=O) groups excluding carboxylic acids is 1. The minimum absolute atomic E-state index is 0.120. The third kappa shape index (κ3) is 3.65. The average molecular weight is 527 g/mol. The number of nitrogens with zero attached hydrogens (tertiary/aromatic N) is 4. The predicted molar refractivity (Wildman–Crippen MR) is 139 cm³/mol. The van der Waals surface area contributed by atoms with Crippen LogP contribution in [0, 0.1) is 0 Å². The normalized spacial score (nSPS) is 15.5. The predicted octanol–water partition coefficient (Wildman–Crippen LogP) is 5.05. The minimum atomic E-state index is -3.14. The molecule has 1 aliphatic rings. The lowest BCUT2D eigenvalue weighted by molar-refractivity contribution is -0.0147. The molecule has 3 aromatic heterocycles. The number of fused-ring (bicyclic) bond motifs is 3. The summed E-state index contributed by atoms with van der Waals surface area (Å²) in [4.78, 5) is 29.1. The van der Waals surface area contributed by atoms with Crippen LogP contribution in [0.1, 0.15) is 34.6 Å². The van der Waals surface area contributed by atoms with E-state index in [1.807, 2.05) is 48.5 Å². The number of amides is 1. The first-order chi connectivity index (χ1) is 18.8. The number of para-hydroxylation sites is 2. The molecule has 4 heterocycles. The molecule has 9 nitrogen and oxygen atoms in total. The van der Waals surface area contributed by atoms with Crippen molar-refractivity contribution in [2.75, 3.05) is 6.54 Å². The van der Waals surface area contributed by atoms with E-state index in [2.05, 4.69) is 20.3 Å². The van der Waals surface area contributed by atoms with E-state index >= 15 is 0 Å². The second kappa shape index (κ2) is 8.22. The van der Waals surface area contributed by atoms with Crippen molar-refractivity contribution in [2.24, 2.45) is 0 Å². The number of aromatic amines is 2. The van der Waals surface area contributed by atoms with E-state index in [1.165, 1.54) is 0 Å². The molecule has 194 valence electrons. The highest BCUT2D eigenvalue weighted by Gasteiger charge is 2.45. The van der Waals surface area contributed by atoms with Gasteiger partial charge in [-0.15, -0.1) is 0 Å². The molecule has 39 heavy (non-hydrogen) atoms. The van der Waals surface area contributed by atoms with Gasteiger partial charge >= 0.3 is 5.76 Å². The molecule has 0 aliphatic carbocycles. The van der Waals surface area contributed by atoms with Crippen LogP contribution in [-0.4, -0.2) is 48.2 Å². The van der Waals surface area contributed by atoms with Crippen molar-refractivity contribution in [3.63, 3.8) is 0 Å². The lowest BCUT2D eigenvalue weighted by Crippen LogP contribution is -2.38. The summed E-state index contributed by atoms with van der Waals surface area (Å²) >= 11 is 0. The van der Waals surface area contributed by atoms with Crippen LogP contribution < -0.4 is 5.76 Å². The standard InChI is InChI=1S/C28H20F2N6O3/c1-28(29,30)14-35-24(15-10-11-20-16(12-15)13-31-36(20)17-6-3-2-4-7-17)21-22(33-34-23(21)26(35)37)18-8-5-9-19-25(18)39-27(38)32-19/h2-13,24H,14H2,1H3,(H,32,38)(H,33,34). The maximum absolute atomic E-state index is 14.4. The molecular formula is C28H20F2N6O3. The fourth-order valence-corrected chi connectivity index (χ4v) is 5.37. The third-order valence-corrected chi connectivity index (χ3v) is 6.92. The molecule has 3 aromatic carbocycles. The van der Waals surface area contributed by atoms with Crippen LogP contribution in [0.2, 0.25) is 0 Å². The molecular weight excluding hydrogens is 506 g/mol. The number of H-pyrrole nitrogens is 2. The molecule has 0 fully saturated rings. The Morgan fingerprint density at radius 2 is 1.87 bits per heavy atom. The highest BCUT2D eigenvalue weighted by atomic mass is 19.3. The van der Waals surface area contributed by atoms with Gasteiger partial charge in [0.05, 0.1) is 35.5 Å². The molecule has 7 rings (SSSR count). The van der Waals surface area contributed by atoms with Gasteiger partial charge in [0.15, 0.2) is 5.58 Å². The van der Waals surface area contributed by atoms with Crippen LogP contribution in [0.4, 0.5) is 8.78 Å². The summed E-state index contributed by atoms with van der Waals surface area (Å²) in [7, 11) is 0. The molecule has 0 radical (unpaired) electrons. The van der Waals surface area contributed by atoms with Gasteiger partial charge in [0.25, 0.3) is 11.8 Å². The van der Waals surface area contributed by atoms with E-state index in [4.69, 9.17) is 4.42 Å². The summed E-state index contributed by atoms with van der Waals surface area (Å²) in [5.74, 6) is -4.36. The zero-order valence-electron chi connectivity index (χ0n) is 20.5. The van der Waals surface area contributed by atoms with E-state index in [0.29, 0.717) is 27.9 Å². The van der Waals surface area contributed by atoms with Crippen molar-refractivity contribution in [1.82, 2.24) is 29.9 Å². The summed E-state index contributed by atoms with van der Waals surface area (Å²) < 4.78 is 35.9. The van der Waals surface area contributed by atoms with Gasteiger partial charge in [-0.1, -0.05) is 30.3 Å². The first kappa shape index (κ1) is 23.1. The summed E-state index contributed by atoms with van der Waals surface area (Å²) in [5.41, 5.74) is 4.42. The van der Waals surface area contributed by atoms with Gasteiger partial charge in [0.1, 0.15) is 11.4 Å². The Kier molecular flexibility index (Phi) is 4.87. The van der Waals surface area contributed by atoms with Gasteiger partial charge in [-0.2, -0.15) is 10.2 Å². The third-order valence-electron chi connectivity index (χ3n) is 6.92. The molecule has 0 saturated carbocycles. The first-order valence-corrected chi connectivity index (χ1v) is 12.2. The second-order valence-electron chi connectivity index (χ2n) is 9.67. The molecule has 0 bridgehead atoms. The number of hydrogen-bond acceptors (Lipinski definition) is 5. The van der Waals surface area contributed by atoms with Crippen molar-refractivity contribution in [3.8, 4) is 16.9 Å². The Morgan fingerprint density at radius 3 is 2.67 bits per heavy atom. The van der Waals surface area contributed by atoms with Gasteiger partial charge in [0, 0.05) is 23.4 Å². The van der Waals surface area contributed by atoms with Gasteiger partial charge in [-0.05, 0) is 42.0 Å². The zero-order valence-corrected chi connectivity index (χ0v) is 20.5. The monoisotopic (exact) mass is 526 g/mol. The van der Waals surface area contributed by atoms with Crippen molar-refractivity contribution in [1.29, 1.82) is 0 Å². The Balaban J connectivity index is 1.42. The van der Waals surface area contributed by atoms with Crippen LogP contribution >= 0.6 is 0 Å². The number of alkyl halides is 2. The number of oxazole rings is 1. The minimum Gasteiger partial charge on any atom is -0.407 e. The zero-order chi connectivity index (χ0) is 26.9. The number of halogens is 2. The molecule has 2 N–H and O–H groups in total. The number of hydrogen-bond donors (Lipinski definition) is 2. The summed E-state index contributed by atoms with van der Waals surface area (Å²) in [6.45, 7) is -0.00526. The quantitative estimate of drug-likeness (QED) is 0.326.